The fourth-order valence-corrected chi connectivity index (χ4v) is 4.05. The first kappa shape index (κ1) is 24.7. The topological polar surface area (TPSA) is 96.0 Å². The zero-order valence-corrected chi connectivity index (χ0v) is 20.2. The Morgan fingerprint density at radius 3 is 2.16 bits per heavy atom. The predicted octanol–water partition coefficient (Wildman–Crippen LogP) is 2.39. The number of likely N-dealkylation sites (N-methyl/N-ethyl adjacent to an activating group) is 1. The Labute approximate surface area is 191 Å². The van der Waals surface area contributed by atoms with Gasteiger partial charge >= 0.3 is 0 Å². The summed E-state index contributed by atoms with van der Waals surface area (Å²) in [5, 5.41) is 2.54. The maximum atomic E-state index is 13.2. The Morgan fingerprint density at radius 2 is 1.68 bits per heavy atom. The minimum Gasteiger partial charge on any atom is -0.497 e. The van der Waals surface area contributed by atoms with Gasteiger partial charge < -0.3 is 15.0 Å². The number of rotatable bonds is 9. The van der Waals surface area contributed by atoms with Gasteiger partial charge in [0.1, 0.15) is 18.3 Å². The first-order valence-corrected chi connectivity index (χ1v) is 12.1. The van der Waals surface area contributed by atoms with E-state index in [0.29, 0.717) is 11.4 Å². The molecular weight excluding hydrogens is 486 g/mol. The summed E-state index contributed by atoms with van der Waals surface area (Å²) in [6.07, 6.45) is 1.03. The third kappa shape index (κ3) is 6.70. The van der Waals surface area contributed by atoms with Gasteiger partial charge in [-0.15, -0.1) is 0 Å². The van der Waals surface area contributed by atoms with Gasteiger partial charge in [-0.1, -0.05) is 28.1 Å². The van der Waals surface area contributed by atoms with Crippen LogP contribution in [0.2, 0.25) is 0 Å². The Hall–Kier alpha value is -2.59. The van der Waals surface area contributed by atoms with Crippen molar-refractivity contribution in [2.75, 3.05) is 31.3 Å². The van der Waals surface area contributed by atoms with Crippen LogP contribution in [0.5, 0.6) is 5.75 Å². The van der Waals surface area contributed by atoms with E-state index >= 15 is 0 Å². The molecule has 2 rings (SSSR count). The molecule has 8 nitrogen and oxygen atoms in total. The smallest absolute Gasteiger partial charge is 0.244 e. The molecule has 0 bridgehead atoms. The largest absolute Gasteiger partial charge is 0.497 e. The van der Waals surface area contributed by atoms with Crippen molar-refractivity contribution in [3.63, 3.8) is 0 Å². The minimum absolute atomic E-state index is 0.154. The van der Waals surface area contributed by atoms with Crippen molar-refractivity contribution < 1.29 is 22.7 Å². The van der Waals surface area contributed by atoms with Gasteiger partial charge in [0.15, 0.2) is 0 Å². The molecule has 2 aromatic rings. The first-order chi connectivity index (χ1) is 14.6. The van der Waals surface area contributed by atoms with E-state index in [1.165, 1.54) is 19.1 Å². The van der Waals surface area contributed by atoms with Crippen molar-refractivity contribution in [1.82, 2.24) is 10.2 Å². The zero-order chi connectivity index (χ0) is 23.2. The van der Waals surface area contributed by atoms with Crippen LogP contribution in [0.15, 0.2) is 53.0 Å². The van der Waals surface area contributed by atoms with E-state index in [4.69, 9.17) is 4.74 Å². The number of amides is 2. The Balaban J connectivity index is 2.35. The van der Waals surface area contributed by atoms with Gasteiger partial charge in [-0.2, -0.15) is 0 Å². The predicted molar refractivity (Wildman–Crippen MR) is 123 cm³/mol. The lowest BCUT2D eigenvalue weighted by atomic mass is 10.1. The van der Waals surface area contributed by atoms with Crippen molar-refractivity contribution in [2.24, 2.45) is 0 Å². The molecule has 0 saturated heterocycles. The highest BCUT2D eigenvalue weighted by atomic mass is 79.9. The van der Waals surface area contributed by atoms with Crippen LogP contribution >= 0.6 is 15.9 Å². The third-order valence-corrected chi connectivity index (χ3v) is 6.39. The SMILES string of the molecule is CNC(=O)C(C)N(Cc1ccc(Br)cc1)C(=O)CN(c1ccc(OC)cc1)S(C)(=O)=O. The number of halogens is 1. The van der Waals surface area contributed by atoms with E-state index in [0.717, 1.165) is 20.6 Å². The molecule has 0 saturated carbocycles. The normalized spacial score (nSPS) is 12.0. The average molecular weight is 512 g/mol. The molecule has 1 N–H and O–H groups in total. The number of sulfonamides is 1. The molecule has 0 fully saturated rings. The monoisotopic (exact) mass is 511 g/mol. The van der Waals surface area contributed by atoms with E-state index in [-0.39, 0.29) is 12.5 Å². The fourth-order valence-electron chi connectivity index (χ4n) is 2.94. The molecule has 10 heteroatoms. The lowest BCUT2D eigenvalue weighted by Gasteiger charge is -2.31. The lowest BCUT2D eigenvalue weighted by Crippen LogP contribution is -2.50. The number of carbonyl (C=O) groups is 2. The molecule has 0 radical (unpaired) electrons. The zero-order valence-electron chi connectivity index (χ0n) is 17.8. The van der Waals surface area contributed by atoms with E-state index in [2.05, 4.69) is 21.2 Å². The number of carbonyl (C=O) groups excluding carboxylic acids is 2. The molecule has 0 aromatic heterocycles. The van der Waals surface area contributed by atoms with Crippen molar-refractivity contribution in [3.05, 3.63) is 58.6 Å². The van der Waals surface area contributed by atoms with Gasteiger partial charge in [-0.3, -0.25) is 13.9 Å². The molecule has 1 atom stereocenters. The summed E-state index contributed by atoms with van der Waals surface area (Å²) in [7, 11) is -0.763. The Bertz CT molecular complexity index is 1010. The fraction of sp³-hybridized carbons (Fsp3) is 0.333. The number of nitrogens with one attached hydrogen (secondary N) is 1. The molecule has 0 aliphatic carbocycles. The Kier molecular flexibility index (Phi) is 8.46. The van der Waals surface area contributed by atoms with Crippen molar-refractivity contribution >= 4 is 43.5 Å². The summed E-state index contributed by atoms with van der Waals surface area (Å²) in [5.74, 6) is -0.283. The van der Waals surface area contributed by atoms with E-state index in [1.54, 1.807) is 31.2 Å². The van der Waals surface area contributed by atoms with Crippen LogP contribution in [-0.2, 0) is 26.2 Å². The number of benzene rings is 2. The summed E-state index contributed by atoms with van der Waals surface area (Å²) in [4.78, 5) is 26.9. The van der Waals surface area contributed by atoms with Gasteiger partial charge in [0.2, 0.25) is 21.8 Å². The summed E-state index contributed by atoms with van der Waals surface area (Å²) in [6.45, 7) is 1.32. The van der Waals surface area contributed by atoms with Crippen LogP contribution in [0.1, 0.15) is 12.5 Å². The molecule has 2 amide bonds. The molecule has 0 aliphatic rings. The molecule has 0 spiro atoms. The van der Waals surface area contributed by atoms with Crippen molar-refractivity contribution in [1.29, 1.82) is 0 Å². The Morgan fingerprint density at radius 1 is 1.10 bits per heavy atom. The number of nitrogens with zero attached hydrogens (tertiary/aromatic N) is 2. The molecule has 0 aliphatic heterocycles. The summed E-state index contributed by atoms with van der Waals surface area (Å²) in [6, 6.07) is 12.9. The molecule has 31 heavy (non-hydrogen) atoms. The van der Waals surface area contributed by atoms with Crippen molar-refractivity contribution in [3.8, 4) is 5.75 Å². The highest BCUT2D eigenvalue weighted by Gasteiger charge is 2.29. The quantitative estimate of drug-likeness (QED) is 0.557. The van der Waals surface area contributed by atoms with Crippen LogP contribution in [0.3, 0.4) is 0 Å². The maximum Gasteiger partial charge on any atom is 0.244 e. The molecule has 168 valence electrons. The van der Waals surface area contributed by atoms with E-state index < -0.39 is 28.5 Å². The van der Waals surface area contributed by atoms with Crippen LogP contribution in [0.25, 0.3) is 0 Å². The number of methoxy groups -OCH3 is 1. The number of hydrogen-bond donors (Lipinski definition) is 1. The van der Waals surface area contributed by atoms with Crippen LogP contribution in [0.4, 0.5) is 5.69 Å². The molecule has 0 heterocycles. The molecular formula is C21H26BrN3O5S. The standard InChI is InChI=1S/C21H26BrN3O5S/c1-15(21(27)23-2)24(13-16-5-7-17(22)8-6-16)20(26)14-25(31(4,28)29)18-9-11-19(30-3)12-10-18/h5-12,15H,13-14H2,1-4H3,(H,23,27). The first-order valence-electron chi connectivity index (χ1n) is 9.44. The molecule has 1 unspecified atom stereocenters. The average Bonchev–Trinajstić information content (AvgIpc) is 2.75. The molecule has 2 aromatic carbocycles. The highest BCUT2D eigenvalue weighted by Crippen LogP contribution is 2.22. The van der Waals surface area contributed by atoms with Gasteiger partial charge in [-0.05, 0) is 48.9 Å². The second-order valence-electron chi connectivity index (χ2n) is 6.91. The minimum atomic E-state index is -3.76. The van der Waals surface area contributed by atoms with Gasteiger partial charge in [0.25, 0.3) is 0 Å². The summed E-state index contributed by atoms with van der Waals surface area (Å²) >= 11 is 3.37. The van der Waals surface area contributed by atoms with Gasteiger partial charge in [0.05, 0.1) is 19.1 Å². The lowest BCUT2D eigenvalue weighted by molar-refractivity contribution is -0.139. The summed E-state index contributed by atoms with van der Waals surface area (Å²) in [5.41, 5.74) is 1.13. The number of ether oxygens (including phenoxy) is 1. The highest BCUT2D eigenvalue weighted by molar-refractivity contribution is 9.10. The number of anilines is 1. The van der Waals surface area contributed by atoms with Crippen LogP contribution < -0.4 is 14.4 Å². The second-order valence-corrected chi connectivity index (χ2v) is 9.73. The van der Waals surface area contributed by atoms with Crippen molar-refractivity contribution in [2.45, 2.75) is 19.5 Å². The van der Waals surface area contributed by atoms with E-state index in [9.17, 15) is 18.0 Å². The second kappa shape index (κ2) is 10.6. The third-order valence-electron chi connectivity index (χ3n) is 4.72. The number of hydrogen-bond acceptors (Lipinski definition) is 5. The van der Waals surface area contributed by atoms with Crippen LogP contribution in [0, 0.1) is 0 Å². The summed E-state index contributed by atoms with van der Waals surface area (Å²) < 4.78 is 31.9. The van der Waals surface area contributed by atoms with Gasteiger partial charge in [-0.25, -0.2) is 8.42 Å². The van der Waals surface area contributed by atoms with Crippen LogP contribution in [-0.4, -0.2) is 58.1 Å². The van der Waals surface area contributed by atoms with E-state index in [1.807, 2.05) is 24.3 Å². The maximum absolute atomic E-state index is 13.2. The van der Waals surface area contributed by atoms with Gasteiger partial charge in [0, 0.05) is 18.1 Å².